The molecule has 3 aliphatic carbocycles. The van der Waals surface area contributed by atoms with Crippen LogP contribution in [0.5, 0.6) is 5.75 Å². The number of benzene rings is 1. The minimum Gasteiger partial charge on any atom is -0.512 e. The molecule has 1 fully saturated rings. The molecule has 0 aromatic heterocycles. The number of allylic oxidation sites excluding steroid dienone is 2. The lowest BCUT2D eigenvalue weighted by molar-refractivity contribution is -0.129. The van der Waals surface area contributed by atoms with Gasteiger partial charge in [0.1, 0.15) is 17.3 Å². The van der Waals surface area contributed by atoms with Gasteiger partial charge in [-0.1, -0.05) is 0 Å². The number of aliphatic hydroxyl groups excluding tert-OH is 3. The number of amides is 1. The number of aromatic hydroxyl groups is 1. The molecule has 0 bridgehead atoms. The monoisotopic (exact) mass is 483 g/mol. The molecule has 0 spiro atoms. The number of nitrogens with two attached hydrogens (primary N) is 1. The highest BCUT2D eigenvalue weighted by Gasteiger charge is 2.51. The van der Waals surface area contributed by atoms with Crippen LogP contribution >= 0.6 is 22.6 Å². The van der Waals surface area contributed by atoms with Crippen molar-refractivity contribution in [2.45, 2.75) is 25.4 Å². The van der Waals surface area contributed by atoms with E-state index < -0.39 is 23.7 Å². The molecule has 8 heteroatoms. The molecule has 142 valence electrons. The predicted octanol–water partition coefficient (Wildman–Crippen LogP) is 1.71. The number of halogens is 1. The summed E-state index contributed by atoms with van der Waals surface area (Å²) in [7, 11) is 0. The number of carbonyl (C=O) groups is 2. The van der Waals surface area contributed by atoms with Gasteiger partial charge in [0.2, 0.25) is 0 Å². The van der Waals surface area contributed by atoms with E-state index >= 15 is 0 Å². The van der Waals surface area contributed by atoms with Crippen molar-refractivity contribution >= 4 is 40.0 Å². The summed E-state index contributed by atoms with van der Waals surface area (Å²) in [5, 5.41) is 41.7. The van der Waals surface area contributed by atoms with Gasteiger partial charge in [-0.2, -0.15) is 0 Å². The molecule has 1 saturated carbocycles. The number of aliphatic hydroxyl groups is 3. The smallest absolute Gasteiger partial charge is 0.250 e. The average molecular weight is 483 g/mol. The number of rotatable bonds is 1. The first kappa shape index (κ1) is 18.3. The molecule has 3 aliphatic rings. The first-order chi connectivity index (χ1) is 12.7. The lowest BCUT2D eigenvalue weighted by Crippen LogP contribution is -2.49. The predicted molar refractivity (Wildman–Crippen MR) is 104 cm³/mol. The number of hydrogen-bond acceptors (Lipinski definition) is 6. The Hall–Kier alpha value is -2.07. The topological polar surface area (TPSA) is 141 Å². The van der Waals surface area contributed by atoms with Crippen LogP contribution in [0.25, 0.3) is 5.76 Å². The van der Waals surface area contributed by atoms with Crippen LogP contribution in [0.15, 0.2) is 29.0 Å². The molecule has 0 radical (unpaired) electrons. The summed E-state index contributed by atoms with van der Waals surface area (Å²) < 4.78 is 0.878. The maximum atomic E-state index is 13.2. The lowest BCUT2D eigenvalue weighted by Gasteiger charge is -2.43. The molecule has 1 aromatic rings. The van der Waals surface area contributed by atoms with Gasteiger partial charge >= 0.3 is 0 Å². The maximum absolute atomic E-state index is 13.2. The Morgan fingerprint density at radius 3 is 2.56 bits per heavy atom. The third kappa shape index (κ3) is 2.57. The largest absolute Gasteiger partial charge is 0.512 e. The fourth-order valence-electron chi connectivity index (χ4n) is 4.78. The van der Waals surface area contributed by atoms with E-state index in [1.807, 2.05) is 0 Å². The van der Waals surface area contributed by atoms with Crippen LogP contribution in [-0.2, 0) is 16.0 Å². The first-order valence-corrected chi connectivity index (χ1v) is 9.68. The summed E-state index contributed by atoms with van der Waals surface area (Å²) >= 11 is 2.12. The molecule has 0 heterocycles. The molecule has 4 atom stereocenters. The highest BCUT2D eigenvalue weighted by Crippen LogP contribution is 2.50. The first-order valence-electron chi connectivity index (χ1n) is 8.60. The number of Topliss-reactive ketones (excluding diaryl/α,β-unsaturated/α-hetero) is 1. The molecule has 0 saturated heterocycles. The normalized spacial score (nSPS) is 29.9. The van der Waals surface area contributed by atoms with Crippen LogP contribution in [-0.4, -0.2) is 38.2 Å². The minimum atomic E-state index is -1.51. The zero-order chi connectivity index (χ0) is 19.6. The van der Waals surface area contributed by atoms with Crippen molar-refractivity contribution in [1.82, 2.24) is 0 Å². The van der Waals surface area contributed by atoms with Crippen molar-refractivity contribution in [3.05, 3.63) is 43.7 Å². The summed E-state index contributed by atoms with van der Waals surface area (Å²) in [6.07, 6.45) is -0.491. The Labute approximate surface area is 168 Å². The Bertz CT molecular complexity index is 950. The second-order valence-corrected chi connectivity index (χ2v) is 8.50. The third-order valence-corrected chi connectivity index (χ3v) is 6.93. The van der Waals surface area contributed by atoms with Gasteiger partial charge in [0, 0.05) is 15.6 Å². The van der Waals surface area contributed by atoms with Crippen molar-refractivity contribution in [3.8, 4) is 5.75 Å². The summed E-state index contributed by atoms with van der Waals surface area (Å²) in [5.41, 5.74) is 6.11. The van der Waals surface area contributed by atoms with E-state index in [0.29, 0.717) is 12.8 Å². The summed E-state index contributed by atoms with van der Waals surface area (Å²) in [4.78, 5) is 24.8. The van der Waals surface area contributed by atoms with E-state index in [1.54, 1.807) is 6.07 Å². The third-order valence-electron chi connectivity index (χ3n) is 5.92. The molecule has 1 amide bonds. The number of primary amides is 1. The van der Waals surface area contributed by atoms with Gasteiger partial charge in [0.05, 0.1) is 23.2 Å². The molecule has 6 N–H and O–H groups in total. The van der Waals surface area contributed by atoms with Crippen LogP contribution in [0.4, 0.5) is 0 Å². The zero-order valence-corrected chi connectivity index (χ0v) is 16.3. The fraction of sp³-hybridized carbons (Fsp3) is 0.368. The average Bonchev–Trinajstić information content (AvgIpc) is 2.57. The van der Waals surface area contributed by atoms with Crippen molar-refractivity contribution in [1.29, 1.82) is 0 Å². The molecule has 4 rings (SSSR count). The molecular formula is C19H18INO6. The van der Waals surface area contributed by atoms with E-state index in [2.05, 4.69) is 22.6 Å². The van der Waals surface area contributed by atoms with E-state index in [9.17, 15) is 30.0 Å². The van der Waals surface area contributed by atoms with E-state index in [0.717, 1.165) is 9.13 Å². The quantitative estimate of drug-likeness (QED) is 0.385. The van der Waals surface area contributed by atoms with Crippen LogP contribution < -0.4 is 5.73 Å². The number of phenolic OH excluding ortho intramolecular Hbond substituents is 1. The standard InChI is InChI=1S/C19H18INO6/c20-9-1-2-10(22)14-8(9)4-6-3-7-5-11(23)15(19(21)27)18(26)13(7)16(24)12(6)17(14)25/h1-2,6-7,13,18,22-23,25-26H,3-5H2,(H2,21,27). The molecule has 0 aliphatic heterocycles. The van der Waals surface area contributed by atoms with Crippen molar-refractivity contribution in [2.24, 2.45) is 23.5 Å². The van der Waals surface area contributed by atoms with Crippen LogP contribution in [0.1, 0.15) is 24.0 Å². The zero-order valence-electron chi connectivity index (χ0n) is 14.1. The van der Waals surface area contributed by atoms with Gasteiger partial charge in [0.15, 0.2) is 5.78 Å². The minimum absolute atomic E-state index is 0.0836. The van der Waals surface area contributed by atoms with Crippen molar-refractivity contribution < 1.29 is 30.0 Å². The number of carbonyl (C=O) groups excluding carboxylic acids is 2. The number of hydrogen-bond donors (Lipinski definition) is 5. The second-order valence-electron chi connectivity index (χ2n) is 7.34. The SMILES string of the molecule is NC(=O)C1=C(O)CC2CC3Cc4c(I)ccc(O)c4C(O)=C3C(=O)C2C1O. The van der Waals surface area contributed by atoms with Crippen LogP contribution in [0.3, 0.4) is 0 Å². The van der Waals surface area contributed by atoms with Gasteiger partial charge in [-0.05, 0) is 65.0 Å². The highest BCUT2D eigenvalue weighted by atomic mass is 127. The van der Waals surface area contributed by atoms with Gasteiger partial charge in [-0.25, -0.2) is 0 Å². The van der Waals surface area contributed by atoms with Crippen LogP contribution in [0, 0.1) is 21.3 Å². The summed E-state index contributed by atoms with van der Waals surface area (Å²) in [6.45, 7) is 0. The number of phenols is 1. The second kappa shape index (κ2) is 6.23. The molecular weight excluding hydrogens is 465 g/mol. The van der Waals surface area contributed by atoms with Gasteiger partial charge in [0.25, 0.3) is 5.91 Å². The van der Waals surface area contributed by atoms with Gasteiger partial charge in [-0.3, -0.25) is 9.59 Å². The van der Waals surface area contributed by atoms with E-state index in [4.69, 9.17) is 5.73 Å². The number of ketones is 1. The molecule has 27 heavy (non-hydrogen) atoms. The Kier molecular flexibility index (Phi) is 4.22. The number of fused-ring (bicyclic) bond motifs is 3. The van der Waals surface area contributed by atoms with Gasteiger partial charge < -0.3 is 26.2 Å². The van der Waals surface area contributed by atoms with E-state index in [1.165, 1.54) is 6.07 Å². The Morgan fingerprint density at radius 2 is 1.89 bits per heavy atom. The molecule has 4 unspecified atom stereocenters. The van der Waals surface area contributed by atoms with Crippen LogP contribution in [0.2, 0.25) is 0 Å². The van der Waals surface area contributed by atoms with Gasteiger partial charge in [-0.15, -0.1) is 0 Å². The molecule has 1 aromatic carbocycles. The Morgan fingerprint density at radius 1 is 1.19 bits per heavy atom. The summed E-state index contributed by atoms with van der Waals surface area (Å²) in [6, 6.07) is 3.22. The van der Waals surface area contributed by atoms with Crippen molar-refractivity contribution in [2.75, 3.05) is 0 Å². The maximum Gasteiger partial charge on any atom is 0.250 e. The summed E-state index contributed by atoms with van der Waals surface area (Å²) in [5.74, 6) is -3.67. The Balaban J connectivity index is 1.84. The highest BCUT2D eigenvalue weighted by molar-refractivity contribution is 14.1. The molecule has 7 nitrogen and oxygen atoms in total. The lowest BCUT2D eigenvalue weighted by atomic mass is 9.60. The fourth-order valence-corrected chi connectivity index (χ4v) is 5.45. The van der Waals surface area contributed by atoms with Crippen molar-refractivity contribution in [3.63, 3.8) is 0 Å². The van der Waals surface area contributed by atoms with E-state index in [-0.39, 0.29) is 52.2 Å².